The first kappa shape index (κ1) is 22.5. The number of fused-ring (bicyclic) bond motifs is 2. The summed E-state index contributed by atoms with van der Waals surface area (Å²) >= 11 is 0. The summed E-state index contributed by atoms with van der Waals surface area (Å²) in [6.07, 6.45) is 1.90. The van der Waals surface area contributed by atoms with Crippen LogP contribution < -0.4 is 10.6 Å². The summed E-state index contributed by atoms with van der Waals surface area (Å²) in [6, 6.07) is 15.1. The van der Waals surface area contributed by atoms with Crippen LogP contribution in [0.25, 0.3) is 10.8 Å². The van der Waals surface area contributed by atoms with Crippen LogP contribution in [-0.4, -0.2) is 40.4 Å². The zero-order valence-corrected chi connectivity index (χ0v) is 19.8. The van der Waals surface area contributed by atoms with Crippen molar-refractivity contribution in [2.75, 3.05) is 13.7 Å². The summed E-state index contributed by atoms with van der Waals surface area (Å²) in [5.74, 6) is 2.62. The van der Waals surface area contributed by atoms with Crippen LogP contribution in [0.5, 0.6) is 0 Å². The maximum atomic E-state index is 5.15. The molecule has 1 aliphatic heterocycles. The van der Waals surface area contributed by atoms with Crippen LogP contribution in [0.2, 0.25) is 0 Å². The first-order valence-electron chi connectivity index (χ1n) is 10.2. The fourth-order valence-electron chi connectivity index (χ4n) is 3.78. The molecule has 1 aromatic heterocycles. The molecule has 1 aliphatic rings. The van der Waals surface area contributed by atoms with Crippen molar-refractivity contribution in [3.63, 3.8) is 0 Å². The normalized spacial score (nSPS) is 16.1. The summed E-state index contributed by atoms with van der Waals surface area (Å²) in [7, 11) is 1.67. The SMILES string of the molecule is CCNC(=NCc1cccc2ccccc12)NC1CCc2nc(COC)nn2C1.I. The number of aromatic nitrogens is 3. The lowest BCUT2D eigenvalue weighted by molar-refractivity contribution is 0.177. The first-order valence-corrected chi connectivity index (χ1v) is 10.2. The summed E-state index contributed by atoms with van der Waals surface area (Å²) in [6.45, 7) is 4.77. The Balaban J connectivity index is 0.00000256. The van der Waals surface area contributed by atoms with Gasteiger partial charge in [-0.3, -0.25) is 0 Å². The van der Waals surface area contributed by atoms with Gasteiger partial charge >= 0.3 is 0 Å². The lowest BCUT2D eigenvalue weighted by atomic mass is 10.0. The van der Waals surface area contributed by atoms with Crippen molar-refractivity contribution in [1.29, 1.82) is 0 Å². The van der Waals surface area contributed by atoms with E-state index in [1.54, 1.807) is 7.11 Å². The van der Waals surface area contributed by atoms with Crippen LogP contribution in [0.1, 0.15) is 30.6 Å². The van der Waals surface area contributed by atoms with Crippen molar-refractivity contribution in [2.45, 2.75) is 45.5 Å². The van der Waals surface area contributed by atoms with Crippen LogP contribution in [0.4, 0.5) is 0 Å². The van der Waals surface area contributed by atoms with Crippen molar-refractivity contribution < 1.29 is 4.74 Å². The van der Waals surface area contributed by atoms with Gasteiger partial charge in [0.05, 0.1) is 13.1 Å². The number of halogens is 1. The standard InChI is InChI=1S/C22H28N6O.HI/c1-3-23-22(24-13-17-9-6-8-16-7-4-5-10-19(16)17)25-18-11-12-21-26-20(15-29-2)27-28(21)14-18;/h4-10,18H,3,11-15H2,1-2H3,(H2,23,24,25);1H. The van der Waals surface area contributed by atoms with Crippen molar-refractivity contribution in [3.8, 4) is 0 Å². The maximum Gasteiger partial charge on any atom is 0.191 e. The number of nitrogens with one attached hydrogen (secondary N) is 2. The van der Waals surface area contributed by atoms with Crippen molar-refractivity contribution in [1.82, 2.24) is 25.4 Å². The Morgan fingerprint density at radius 3 is 2.90 bits per heavy atom. The lowest BCUT2D eigenvalue weighted by Gasteiger charge is -2.25. The van der Waals surface area contributed by atoms with Crippen molar-refractivity contribution >= 4 is 40.7 Å². The molecule has 0 fully saturated rings. The molecule has 0 saturated heterocycles. The minimum Gasteiger partial charge on any atom is -0.377 e. The van der Waals surface area contributed by atoms with Gasteiger partial charge in [0.1, 0.15) is 12.4 Å². The van der Waals surface area contributed by atoms with E-state index in [9.17, 15) is 0 Å². The third kappa shape index (κ3) is 5.28. The Morgan fingerprint density at radius 2 is 2.07 bits per heavy atom. The highest BCUT2D eigenvalue weighted by Crippen LogP contribution is 2.19. The number of hydrogen-bond acceptors (Lipinski definition) is 4. The van der Waals surface area contributed by atoms with E-state index >= 15 is 0 Å². The minimum atomic E-state index is 0. The molecule has 2 N–H and O–H groups in total. The molecule has 2 aromatic carbocycles. The number of aliphatic imine (C=N–C) groups is 1. The molecule has 2 heterocycles. The van der Waals surface area contributed by atoms with Gasteiger partial charge in [0, 0.05) is 26.1 Å². The largest absolute Gasteiger partial charge is 0.377 e. The Bertz CT molecular complexity index is 997. The summed E-state index contributed by atoms with van der Waals surface area (Å²) in [5, 5.41) is 14.0. The third-order valence-corrected chi connectivity index (χ3v) is 5.15. The van der Waals surface area contributed by atoms with Gasteiger partial charge in [-0.2, -0.15) is 5.10 Å². The second kappa shape index (κ2) is 10.7. The number of guanidine groups is 1. The van der Waals surface area contributed by atoms with E-state index in [0.717, 1.165) is 43.5 Å². The van der Waals surface area contributed by atoms with Crippen molar-refractivity contribution in [3.05, 3.63) is 59.7 Å². The van der Waals surface area contributed by atoms with Gasteiger partial charge in [-0.1, -0.05) is 42.5 Å². The number of ether oxygens (including phenoxy) is 1. The Kier molecular flexibility index (Phi) is 8.03. The van der Waals surface area contributed by atoms with Crippen LogP contribution >= 0.6 is 24.0 Å². The summed E-state index contributed by atoms with van der Waals surface area (Å²) in [4.78, 5) is 9.40. The molecule has 0 bridgehead atoms. The fourth-order valence-corrected chi connectivity index (χ4v) is 3.78. The maximum absolute atomic E-state index is 5.15. The predicted molar refractivity (Wildman–Crippen MR) is 130 cm³/mol. The number of hydrogen-bond donors (Lipinski definition) is 2. The van der Waals surface area contributed by atoms with E-state index in [0.29, 0.717) is 13.2 Å². The fraction of sp³-hybridized carbons (Fsp3) is 0.409. The summed E-state index contributed by atoms with van der Waals surface area (Å²) in [5.41, 5.74) is 1.23. The third-order valence-electron chi connectivity index (χ3n) is 5.15. The lowest BCUT2D eigenvalue weighted by Crippen LogP contribution is -2.47. The van der Waals surface area contributed by atoms with Crippen LogP contribution in [0, 0.1) is 0 Å². The molecule has 7 nitrogen and oxygen atoms in total. The first-order chi connectivity index (χ1) is 14.3. The van der Waals surface area contributed by atoms with Crippen LogP contribution in [0.15, 0.2) is 47.5 Å². The number of methoxy groups -OCH3 is 1. The smallest absolute Gasteiger partial charge is 0.191 e. The quantitative estimate of drug-likeness (QED) is 0.297. The van der Waals surface area contributed by atoms with E-state index in [-0.39, 0.29) is 30.0 Å². The van der Waals surface area contributed by atoms with E-state index in [1.165, 1.54) is 16.3 Å². The molecule has 0 radical (unpaired) electrons. The number of benzene rings is 2. The Hall–Kier alpha value is -2.20. The topological polar surface area (TPSA) is 76.4 Å². The van der Waals surface area contributed by atoms with Crippen LogP contribution in [-0.2, 0) is 30.9 Å². The average molecular weight is 520 g/mol. The molecular weight excluding hydrogens is 491 g/mol. The molecule has 8 heteroatoms. The van der Waals surface area contributed by atoms with E-state index in [4.69, 9.17) is 9.73 Å². The highest BCUT2D eigenvalue weighted by atomic mass is 127. The highest BCUT2D eigenvalue weighted by molar-refractivity contribution is 14.0. The molecule has 4 rings (SSSR count). The molecule has 3 aromatic rings. The van der Waals surface area contributed by atoms with Gasteiger partial charge in [-0.05, 0) is 29.7 Å². The van der Waals surface area contributed by atoms with Gasteiger partial charge in [0.2, 0.25) is 0 Å². The Morgan fingerprint density at radius 1 is 1.23 bits per heavy atom. The average Bonchev–Trinajstić information content (AvgIpc) is 3.14. The molecule has 0 spiro atoms. The van der Waals surface area contributed by atoms with E-state index in [1.807, 2.05) is 4.68 Å². The van der Waals surface area contributed by atoms with E-state index in [2.05, 4.69) is 70.1 Å². The summed E-state index contributed by atoms with van der Waals surface area (Å²) < 4.78 is 7.14. The van der Waals surface area contributed by atoms with E-state index < -0.39 is 0 Å². The molecular formula is C22H29IN6O. The van der Waals surface area contributed by atoms with Gasteiger partial charge in [0.25, 0.3) is 0 Å². The molecule has 160 valence electrons. The van der Waals surface area contributed by atoms with Gasteiger partial charge in [0.15, 0.2) is 11.8 Å². The predicted octanol–water partition coefficient (Wildman–Crippen LogP) is 3.27. The molecule has 0 saturated carbocycles. The number of aryl methyl sites for hydroxylation is 1. The zero-order valence-electron chi connectivity index (χ0n) is 17.5. The molecule has 1 unspecified atom stereocenters. The highest BCUT2D eigenvalue weighted by Gasteiger charge is 2.22. The Labute approximate surface area is 194 Å². The van der Waals surface area contributed by atoms with Gasteiger partial charge in [-0.25, -0.2) is 14.7 Å². The van der Waals surface area contributed by atoms with Crippen molar-refractivity contribution in [2.24, 2.45) is 4.99 Å². The monoisotopic (exact) mass is 520 g/mol. The molecule has 0 aliphatic carbocycles. The second-order valence-electron chi connectivity index (χ2n) is 7.27. The number of rotatable bonds is 6. The van der Waals surface area contributed by atoms with Gasteiger partial charge in [-0.15, -0.1) is 24.0 Å². The molecule has 1 atom stereocenters. The molecule has 0 amide bonds. The van der Waals surface area contributed by atoms with Crippen LogP contribution in [0.3, 0.4) is 0 Å². The minimum absolute atomic E-state index is 0. The zero-order chi connectivity index (χ0) is 20.1. The molecule has 30 heavy (non-hydrogen) atoms. The second-order valence-corrected chi connectivity index (χ2v) is 7.27. The number of nitrogens with zero attached hydrogens (tertiary/aromatic N) is 4. The van der Waals surface area contributed by atoms with Gasteiger partial charge < -0.3 is 15.4 Å².